The normalized spacial score (nSPS) is 11.4. The van der Waals surface area contributed by atoms with Gasteiger partial charge in [0.15, 0.2) is 0 Å². The Morgan fingerprint density at radius 2 is 1.95 bits per heavy atom. The Bertz CT molecular complexity index is 545. The second kappa shape index (κ2) is 8.08. The van der Waals surface area contributed by atoms with Crippen LogP contribution in [0.25, 0.3) is 10.9 Å². The van der Waals surface area contributed by atoms with Crippen LogP contribution in [-0.2, 0) is 11.3 Å². The Morgan fingerprint density at radius 3 is 2.71 bits per heavy atom. The molecule has 0 N–H and O–H groups in total. The van der Waals surface area contributed by atoms with Gasteiger partial charge in [-0.15, -0.1) is 0 Å². The Balaban J connectivity index is 1.89. The Hall–Kier alpha value is -1.48. The maximum absolute atomic E-state index is 5.70. The van der Waals surface area contributed by atoms with Crippen LogP contribution < -0.4 is 4.74 Å². The minimum Gasteiger partial charge on any atom is -0.494 e. The fourth-order valence-electron chi connectivity index (χ4n) is 2.27. The first-order chi connectivity index (χ1) is 10.2. The van der Waals surface area contributed by atoms with Crippen LogP contribution in [-0.4, -0.2) is 24.4 Å². The lowest BCUT2D eigenvalue weighted by Crippen LogP contribution is -2.07. The summed E-state index contributed by atoms with van der Waals surface area (Å²) in [7, 11) is 0. The molecule has 1 aromatic carbocycles. The van der Waals surface area contributed by atoms with Crippen LogP contribution in [0.4, 0.5) is 0 Å². The van der Waals surface area contributed by atoms with E-state index >= 15 is 0 Å². The van der Waals surface area contributed by atoms with Gasteiger partial charge < -0.3 is 14.0 Å². The lowest BCUT2D eigenvalue weighted by molar-refractivity contribution is 0.117. The van der Waals surface area contributed by atoms with Gasteiger partial charge in [0.25, 0.3) is 0 Å². The van der Waals surface area contributed by atoms with Crippen LogP contribution in [0.1, 0.15) is 33.6 Å². The van der Waals surface area contributed by atoms with Crippen molar-refractivity contribution >= 4 is 10.9 Å². The third kappa shape index (κ3) is 4.78. The van der Waals surface area contributed by atoms with Gasteiger partial charge in [-0.2, -0.15) is 0 Å². The highest BCUT2D eigenvalue weighted by molar-refractivity contribution is 5.81. The largest absolute Gasteiger partial charge is 0.494 e. The van der Waals surface area contributed by atoms with Gasteiger partial charge in [0, 0.05) is 30.3 Å². The number of ether oxygens (including phenoxy) is 2. The summed E-state index contributed by atoms with van der Waals surface area (Å²) >= 11 is 0. The standard InChI is InChI=1S/C18H27NO2/c1-4-11-21-17-5-6-18-16(14-17)7-9-19(18)10-13-20-12-8-15(2)3/h5-7,9,14-15H,4,8,10-13H2,1-3H3. The van der Waals surface area contributed by atoms with Crippen molar-refractivity contribution in [3.05, 3.63) is 30.5 Å². The first-order valence-electron chi connectivity index (χ1n) is 8.00. The van der Waals surface area contributed by atoms with Crippen molar-refractivity contribution in [1.29, 1.82) is 0 Å². The van der Waals surface area contributed by atoms with Gasteiger partial charge in [0.1, 0.15) is 5.75 Å². The molecule has 1 aromatic heterocycles. The molecular weight excluding hydrogens is 262 g/mol. The molecule has 0 aliphatic heterocycles. The zero-order chi connectivity index (χ0) is 15.1. The monoisotopic (exact) mass is 289 g/mol. The van der Waals surface area contributed by atoms with E-state index in [2.05, 4.69) is 49.7 Å². The number of fused-ring (bicyclic) bond motifs is 1. The number of aromatic nitrogens is 1. The van der Waals surface area contributed by atoms with E-state index in [-0.39, 0.29) is 0 Å². The molecular formula is C18H27NO2. The number of nitrogens with zero attached hydrogens (tertiary/aromatic N) is 1. The van der Waals surface area contributed by atoms with Crippen molar-refractivity contribution in [2.24, 2.45) is 5.92 Å². The Labute approximate surface area is 127 Å². The quantitative estimate of drug-likeness (QED) is 0.635. The minimum atomic E-state index is 0.707. The Morgan fingerprint density at radius 1 is 1.10 bits per heavy atom. The molecule has 0 aliphatic rings. The van der Waals surface area contributed by atoms with Gasteiger partial charge in [-0.05, 0) is 43.0 Å². The number of benzene rings is 1. The van der Waals surface area contributed by atoms with Gasteiger partial charge in [-0.25, -0.2) is 0 Å². The van der Waals surface area contributed by atoms with Crippen molar-refractivity contribution in [2.75, 3.05) is 19.8 Å². The molecule has 21 heavy (non-hydrogen) atoms. The van der Waals surface area contributed by atoms with Gasteiger partial charge in [0.05, 0.1) is 13.2 Å². The average molecular weight is 289 g/mol. The van der Waals surface area contributed by atoms with Crippen LogP contribution >= 0.6 is 0 Å². The lowest BCUT2D eigenvalue weighted by atomic mass is 10.1. The molecule has 0 aliphatic carbocycles. The molecule has 0 saturated carbocycles. The lowest BCUT2D eigenvalue weighted by Gasteiger charge is -2.09. The van der Waals surface area contributed by atoms with Crippen LogP contribution in [0.3, 0.4) is 0 Å². The summed E-state index contributed by atoms with van der Waals surface area (Å²) in [5.41, 5.74) is 1.24. The average Bonchev–Trinajstić information content (AvgIpc) is 2.87. The fourth-order valence-corrected chi connectivity index (χ4v) is 2.27. The second-order valence-electron chi connectivity index (χ2n) is 5.87. The molecule has 0 fully saturated rings. The zero-order valence-electron chi connectivity index (χ0n) is 13.5. The van der Waals surface area contributed by atoms with E-state index in [0.717, 1.165) is 45.0 Å². The van der Waals surface area contributed by atoms with Gasteiger partial charge in [-0.1, -0.05) is 20.8 Å². The van der Waals surface area contributed by atoms with Gasteiger partial charge in [-0.3, -0.25) is 0 Å². The zero-order valence-corrected chi connectivity index (χ0v) is 13.5. The molecule has 3 nitrogen and oxygen atoms in total. The molecule has 3 heteroatoms. The summed E-state index contributed by atoms with van der Waals surface area (Å²) in [5.74, 6) is 1.66. The molecule has 0 unspecified atom stereocenters. The van der Waals surface area contributed by atoms with Crippen molar-refractivity contribution in [1.82, 2.24) is 4.57 Å². The molecule has 116 valence electrons. The van der Waals surface area contributed by atoms with E-state index in [0.29, 0.717) is 5.92 Å². The highest BCUT2D eigenvalue weighted by Gasteiger charge is 2.03. The molecule has 2 aromatic rings. The first-order valence-corrected chi connectivity index (χ1v) is 8.00. The van der Waals surface area contributed by atoms with Crippen molar-refractivity contribution in [3.63, 3.8) is 0 Å². The summed E-state index contributed by atoms with van der Waals surface area (Å²) in [6.45, 7) is 9.86. The number of rotatable bonds is 9. The maximum atomic E-state index is 5.70. The van der Waals surface area contributed by atoms with Crippen LogP contribution in [0, 0.1) is 5.92 Å². The Kier molecular flexibility index (Phi) is 6.12. The van der Waals surface area contributed by atoms with E-state index in [9.17, 15) is 0 Å². The van der Waals surface area contributed by atoms with Crippen molar-refractivity contribution in [3.8, 4) is 5.75 Å². The van der Waals surface area contributed by atoms with E-state index in [4.69, 9.17) is 9.47 Å². The highest BCUT2D eigenvalue weighted by Crippen LogP contribution is 2.22. The van der Waals surface area contributed by atoms with Crippen molar-refractivity contribution < 1.29 is 9.47 Å². The first kappa shape index (κ1) is 15.9. The van der Waals surface area contributed by atoms with E-state index in [1.165, 1.54) is 10.9 Å². The fraction of sp³-hybridized carbons (Fsp3) is 0.556. The summed E-state index contributed by atoms with van der Waals surface area (Å²) in [6.07, 6.45) is 4.29. The number of hydrogen-bond donors (Lipinski definition) is 0. The molecule has 1 heterocycles. The molecule has 0 saturated heterocycles. The van der Waals surface area contributed by atoms with Crippen LogP contribution in [0.15, 0.2) is 30.5 Å². The molecule has 0 radical (unpaired) electrons. The van der Waals surface area contributed by atoms with E-state index in [1.54, 1.807) is 0 Å². The smallest absolute Gasteiger partial charge is 0.120 e. The minimum absolute atomic E-state index is 0.707. The van der Waals surface area contributed by atoms with Gasteiger partial charge >= 0.3 is 0 Å². The predicted molar refractivity (Wildman–Crippen MR) is 88.0 cm³/mol. The highest BCUT2D eigenvalue weighted by atomic mass is 16.5. The molecule has 0 amide bonds. The topological polar surface area (TPSA) is 23.4 Å². The van der Waals surface area contributed by atoms with E-state index < -0.39 is 0 Å². The third-order valence-electron chi connectivity index (χ3n) is 3.53. The summed E-state index contributed by atoms with van der Waals surface area (Å²) in [5, 5.41) is 1.23. The molecule has 0 bridgehead atoms. The third-order valence-corrected chi connectivity index (χ3v) is 3.53. The van der Waals surface area contributed by atoms with Crippen LogP contribution in [0.2, 0.25) is 0 Å². The SMILES string of the molecule is CCCOc1ccc2c(ccn2CCOCCC(C)C)c1. The second-order valence-corrected chi connectivity index (χ2v) is 5.87. The summed E-state index contributed by atoms with van der Waals surface area (Å²) in [4.78, 5) is 0. The van der Waals surface area contributed by atoms with Gasteiger partial charge in [0.2, 0.25) is 0 Å². The maximum Gasteiger partial charge on any atom is 0.120 e. The van der Waals surface area contributed by atoms with Crippen LogP contribution in [0.5, 0.6) is 5.75 Å². The summed E-state index contributed by atoms with van der Waals surface area (Å²) < 4.78 is 13.6. The van der Waals surface area contributed by atoms with E-state index in [1.807, 2.05) is 6.07 Å². The predicted octanol–water partition coefficient (Wildman–Crippen LogP) is 4.49. The molecule has 0 spiro atoms. The van der Waals surface area contributed by atoms with Crippen molar-refractivity contribution in [2.45, 2.75) is 40.2 Å². The summed E-state index contributed by atoms with van der Waals surface area (Å²) in [6, 6.07) is 8.44. The molecule has 0 atom stereocenters. The number of hydrogen-bond acceptors (Lipinski definition) is 2. The molecule has 2 rings (SSSR count).